The van der Waals surface area contributed by atoms with Crippen LogP contribution in [0.25, 0.3) is 11.1 Å². The van der Waals surface area contributed by atoms with Crippen LogP contribution in [0.2, 0.25) is 0 Å². The van der Waals surface area contributed by atoms with Crippen LogP contribution in [0.1, 0.15) is 36.6 Å². The summed E-state index contributed by atoms with van der Waals surface area (Å²) in [6.07, 6.45) is 3.18. The van der Waals surface area contributed by atoms with Gasteiger partial charge in [0.05, 0.1) is 11.6 Å². The largest absolute Gasteiger partial charge is 0.419 e. The average Bonchev–Trinajstić information content (AvgIpc) is 3.34. The fourth-order valence-corrected chi connectivity index (χ4v) is 4.47. The summed E-state index contributed by atoms with van der Waals surface area (Å²) >= 11 is 1.71. The molecule has 3 heterocycles. The van der Waals surface area contributed by atoms with E-state index >= 15 is 0 Å². The molecule has 1 saturated heterocycles. The van der Waals surface area contributed by atoms with Crippen molar-refractivity contribution in [3.63, 3.8) is 0 Å². The van der Waals surface area contributed by atoms with Crippen LogP contribution in [0.5, 0.6) is 0 Å². The zero-order chi connectivity index (χ0) is 17.2. The number of fused-ring (bicyclic) bond motifs is 1. The van der Waals surface area contributed by atoms with Gasteiger partial charge in [-0.25, -0.2) is 4.79 Å². The van der Waals surface area contributed by atoms with Crippen LogP contribution in [0, 0.1) is 0 Å². The SMILES string of the molecule is O=C(CCCn1c(=O)oc2ccccc21)N1CCC[C@@H]1c1cccs1. The third kappa shape index (κ3) is 3.14. The van der Waals surface area contributed by atoms with Crippen molar-refractivity contribution >= 4 is 28.3 Å². The first-order chi connectivity index (χ1) is 12.2. The maximum atomic E-state index is 12.6. The molecule has 0 bridgehead atoms. The minimum absolute atomic E-state index is 0.178. The van der Waals surface area contributed by atoms with Crippen molar-refractivity contribution < 1.29 is 9.21 Å². The van der Waals surface area contributed by atoms with Crippen molar-refractivity contribution in [1.82, 2.24) is 9.47 Å². The van der Waals surface area contributed by atoms with E-state index in [1.165, 1.54) is 4.88 Å². The quantitative estimate of drug-likeness (QED) is 0.699. The smallest absolute Gasteiger partial charge is 0.408 e. The molecule has 4 rings (SSSR count). The van der Waals surface area contributed by atoms with Crippen LogP contribution < -0.4 is 5.76 Å². The molecule has 1 fully saturated rings. The zero-order valence-corrected chi connectivity index (χ0v) is 14.7. The fourth-order valence-electron chi connectivity index (χ4n) is 3.60. The van der Waals surface area contributed by atoms with E-state index in [2.05, 4.69) is 11.4 Å². The predicted octanol–water partition coefficient (Wildman–Crippen LogP) is 3.80. The lowest BCUT2D eigenvalue weighted by Crippen LogP contribution is -2.30. The number of aryl methyl sites for hydroxylation is 1. The molecule has 0 spiro atoms. The molecule has 5 nitrogen and oxygen atoms in total. The Morgan fingerprint density at radius 2 is 2.12 bits per heavy atom. The second kappa shape index (κ2) is 6.88. The van der Waals surface area contributed by atoms with Gasteiger partial charge in [0.1, 0.15) is 0 Å². The van der Waals surface area contributed by atoms with Gasteiger partial charge in [0, 0.05) is 24.4 Å². The van der Waals surface area contributed by atoms with E-state index in [1.54, 1.807) is 22.0 Å². The summed E-state index contributed by atoms with van der Waals surface area (Å²) < 4.78 is 6.85. The summed E-state index contributed by atoms with van der Waals surface area (Å²) in [7, 11) is 0. The van der Waals surface area contributed by atoms with Crippen LogP contribution in [0.4, 0.5) is 0 Å². The van der Waals surface area contributed by atoms with E-state index in [-0.39, 0.29) is 17.7 Å². The Labute approximate surface area is 149 Å². The van der Waals surface area contributed by atoms with Crippen LogP contribution in [0.3, 0.4) is 0 Å². The number of aromatic nitrogens is 1. The van der Waals surface area contributed by atoms with Gasteiger partial charge in [-0.1, -0.05) is 18.2 Å². The fraction of sp³-hybridized carbons (Fsp3) is 0.368. The molecule has 0 unspecified atom stereocenters. The molecular weight excluding hydrogens is 336 g/mol. The number of para-hydroxylation sites is 2. The van der Waals surface area contributed by atoms with Gasteiger partial charge < -0.3 is 9.32 Å². The normalized spacial score (nSPS) is 17.4. The molecule has 1 aromatic carbocycles. The Hall–Kier alpha value is -2.34. The number of carbonyl (C=O) groups is 1. The van der Waals surface area contributed by atoms with Crippen LogP contribution >= 0.6 is 11.3 Å². The van der Waals surface area contributed by atoms with E-state index < -0.39 is 0 Å². The molecule has 3 aromatic rings. The molecule has 1 aliphatic heterocycles. The minimum atomic E-state index is -0.355. The second-order valence-electron chi connectivity index (χ2n) is 6.35. The lowest BCUT2D eigenvalue weighted by atomic mass is 10.1. The molecule has 2 aromatic heterocycles. The van der Waals surface area contributed by atoms with E-state index in [4.69, 9.17) is 4.42 Å². The Morgan fingerprint density at radius 1 is 1.24 bits per heavy atom. The molecule has 1 atom stereocenters. The topological polar surface area (TPSA) is 55.5 Å². The van der Waals surface area contributed by atoms with Crippen molar-refractivity contribution in [2.24, 2.45) is 0 Å². The molecule has 130 valence electrons. The monoisotopic (exact) mass is 356 g/mol. The lowest BCUT2D eigenvalue weighted by molar-refractivity contribution is -0.132. The number of hydrogen-bond donors (Lipinski definition) is 0. The Kier molecular flexibility index (Phi) is 4.44. The highest BCUT2D eigenvalue weighted by molar-refractivity contribution is 7.10. The molecule has 0 N–H and O–H groups in total. The number of rotatable bonds is 5. The maximum Gasteiger partial charge on any atom is 0.419 e. The molecule has 0 radical (unpaired) electrons. The Bertz CT molecular complexity index is 926. The van der Waals surface area contributed by atoms with E-state index in [1.807, 2.05) is 29.2 Å². The lowest BCUT2D eigenvalue weighted by Gasteiger charge is -2.24. The highest BCUT2D eigenvalue weighted by atomic mass is 32.1. The average molecular weight is 356 g/mol. The van der Waals surface area contributed by atoms with Crippen molar-refractivity contribution in [2.75, 3.05) is 6.54 Å². The molecule has 1 amide bonds. The van der Waals surface area contributed by atoms with Gasteiger partial charge in [0.15, 0.2) is 5.58 Å². The van der Waals surface area contributed by atoms with Crippen molar-refractivity contribution in [2.45, 2.75) is 38.3 Å². The van der Waals surface area contributed by atoms with Gasteiger partial charge in [0.2, 0.25) is 5.91 Å². The minimum Gasteiger partial charge on any atom is -0.408 e. The van der Waals surface area contributed by atoms with E-state index in [9.17, 15) is 9.59 Å². The van der Waals surface area contributed by atoms with Gasteiger partial charge in [0.25, 0.3) is 0 Å². The Morgan fingerprint density at radius 3 is 2.96 bits per heavy atom. The summed E-state index contributed by atoms with van der Waals surface area (Å²) in [5, 5.41) is 2.06. The predicted molar refractivity (Wildman–Crippen MR) is 97.7 cm³/mol. The number of hydrogen-bond acceptors (Lipinski definition) is 4. The van der Waals surface area contributed by atoms with Crippen molar-refractivity contribution in [1.29, 1.82) is 0 Å². The summed E-state index contributed by atoms with van der Waals surface area (Å²) in [5.41, 5.74) is 1.38. The number of amides is 1. The number of likely N-dealkylation sites (tertiary alicyclic amines) is 1. The molecule has 6 heteroatoms. The van der Waals surface area contributed by atoms with E-state index in [0.29, 0.717) is 25.0 Å². The third-order valence-electron chi connectivity index (χ3n) is 4.79. The van der Waals surface area contributed by atoms with Crippen molar-refractivity contribution in [3.8, 4) is 0 Å². The number of carbonyl (C=O) groups excluding carboxylic acids is 1. The number of nitrogens with zero attached hydrogens (tertiary/aromatic N) is 2. The van der Waals surface area contributed by atoms with Crippen molar-refractivity contribution in [3.05, 3.63) is 57.2 Å². The van der Waals surface area contributed by atoms with Crippen LogP contribution in [-0.4, -0.2) is 21.9 Å². The first kappa shape index (κ1) is 16.1. The van der Waals surface area contributed by atoms with Crippen LogP contribution in [-0.2, 0) is 11.3 Å². The summed E-state index contributed by atoms with van der Waals surface area (Å²) in [5.74, 6) is -0.178. The van der Waals surface area contributed by atoms with Gasteiger partial charge in [-0.15, -0.1) is 11.3 Å². The number of benzene rings is 1. The first-order valence-electron chi connectivity index (χ1n) is 8.65. The van der Waals surface area contributed by atoms with Crippen LogP contribution in [0.15, 0.2) is 51.0 Å². The summed E-state index contributed by atoms with van der Waals surface area (Å²) in [4.78, 5) is 27.9. The standard InChI is InChI=1S/C19H20N2O3S/c22-18(20-11-3-7-15(20)17-9-5-13-25-17)10-4-12-21-14-6-1-2-8-16(14)24-19(21)23/h1-2,5-6,8-9,13,15H,3-4,7,10-12H2/t15-/m1/s1. The third-order valence-corrected chi connectivity index (χ3v) is 5.76. The zero-order valence-electron chi connectivity index (χ0n) is 13.9. The summed E-state index contributed by atoms with van der Waals surface area (Å²) in [6, 6.07) is 11.8. The highest BCUT2D eigenvalue weighted by Gasteiger charge is 2.30. The second-order valence-corrected chi connectivity index (χ2v) is 7.33. The van der Waals surface area contributed by atoms with Gasteiger partial charge in [-0.3, -0.25) is 9.36 Å². The van der Waals surface area contributed by atoms with E-state index in [0.717, 1.165) is 24.9 Å². The van der Waals surface area contributed by atoms with Gasteiger partial charge in [-0.2, -0.15) is 0 Å². The molecular formula is C19H20N2O3S. The molecule has 25 heavy (non-hydrogen) atoms. The molecule has 0 saturated carbocycles. The first-order valence-corrected chi connectivity index (χ1v) is 9.53. The number of thiophene rings is 1. The van der Waals surface area contributed by atoms with Gasteiger partial charge in [-0.05, 0) is 42.8 Å². The number of oxazole rings is 1. The Balaban J connectivity index is 1.40. The molecule has 1 aliphatic rings. The highest BCUT2D eigenvalue weighted by Crippen LogP contribution is 2.34. The maximum absolute atomic E-state index is 12.6. The van der Waals surface area contributed by atoms with Gasteiger partial charge >= 0.3 is 5.76 Å². The molecule has 0 aliphatic carbocycles. The summed E-state index contributed by atoms with van der Waals surface area (Å²) in [6.45, 7) is 1.33.